The average molecular weight is 324 g/mol. The molecule has 1 aliphatic rings. The molecule has 2 heterocycles. The predicted molar refractivity (Wildman–Crippen MR) is 94.8 cm³/mol. The standard InChI is InChI=1S/C19H24N4O/c1-14-6-8-23(9-7-14)18(24)17-12-21-19(22-13-17)20-11-16-5-3-4-15(2)10-16/h3-5,10,12-14H,6-9,11H2,1-2H3,(H,20,21,22). The minimum Gasteiger partial charge on any atom is -0.350 e. The predicted octanol–water partition coefficient (Wildman–Crippen LogP) is 3.27. The molecule has 126 valence electrons. The highest BCUT2D eigenvalue weighted by Gasteiger charge is 2.21. The lowest BCUT2D eigenvalue weighted by molar-refractivity contribution is 0.0696. The molecule has 0 spiro atoms. The third-order valence-corrected chi connectivity index (χ3v) is 4.50. The summed E-state index contributed by atoms with van der Waals surface area (Å²) in [6.45, 7) is 6.63. The number of amides is 1. The summed E-state index contributed by atoms with van der Waals surface area (Å²) in [5.74, 6) is 1.28. The van der Waals surface area contributed by atoms with E-state index in [9.17, 15) is 4.79 Å². The van der Waals surface area contributed by atoms with Crippen molar-refractivity contribution in [1.82, 2.24) is 14.9 Å². The fourth-order valence-corrected chi connectivity index (χ4v) is 2.93. The Morgan fingerprint density at radius 2 is 1.96 bits per heavy atom. The van der Waals surface area contributed by atoms with Crippen LogP contribution in [0.3, 0.4) is 0 Å². The normalized spacial score (nSPS) is 15.3. The second-order valence-electron chi connectivity index (χ2n) is 6.61. The van der Waals surface area contributed by atoms with E-state index in [1.54, 1.807) is 12.4 Å². The van der Waals surface area contributed by atoms with Crippen LogP contribution in [-0.2, 0) is 6.54 Å². The van der Waals surface area contributed by atoms with E-state index in [2.05, 4.69) is 47.3 Å². The number of aryl methyl sites for hydroxylation is 1. The summed E-state index contributed by atoms with van der Waals surface area (Å²) >= 11 is 0. The van der Waals surface area contributed by atoms with Crippen LogP contribution < -0.4 is 5.32 Å². The highest BCUT2D eigenvalue weighted by Crippen LogP contribution is 2.18. The van der Waals surface area contributed by atoms with Crippen LogP contribution in [0.5, 0.6) is 0 Å². The highest BCUT2D eigenvalue weighted by atomic mass is 16.2. The molecule has 3 rings (SSSR count). The van der Waals surface area contributed by atoms with E-state index >= 15 is 0 Å². The fourth-order valence-electron chi connectivity index (χ4n) is 2.93. The highest BCUT2D eigenvalue weighted by molar-refractivity contribution is 5.93. The first kappa shape index (κ1) is 16.4. The number of nitrogens with zero attached hydrogens (tertiary/aromatic N) is 3. The molecule has 2 aromatic rings. The van der Waals surface area contributed by atoms with Gasteiger partial charge in [0.15, 0.2) is 0 Å². The third kappa shape index (κ3) is 4.10. The number of nitrogens with one attached hydrogen (secondary N) is 1. The number of carbonyl (C=O) groups excluding carboxylic acids is 1. The van der Waals surface area contributed by atoms with Crippen molar-refractivity contribution in [2.75, 3.05) is 18.4 Å². The number of likely N-dealkylation sites (tertiary alicyclic amines) is 1. The Kier molecular flexibility index (Phi) is 5.08. The van der Waals surface area contributed by atoms with Gasteiger partial charge in [-0.2, -0.15) is 0 Å². The summed E-state index contributed by atoms with van der Waals surface area (Å²) in [5, 5.41) is 3.19. The van der Waals surface area contributed by atoms with Crippen LogP contribution in [0.25, 0.3) is 0 Å². The maximum Gasteiger partial charge on any atom is 0.256 e. The van der Waals surface area contributed by atoms with Crippen molar-refractivity contribution in [3.63, 3.8) is 0 Å². The quantitative estimate of drug-likeness (QED) is 0.938. The number of hydrogen-bond acceptors (Lipinski definition) is 4. The Hall–Kier alpha value is -2.43. The van der Waals surface area contributed by atoms with E-state index in [0.29, 0.717) is 24.0 Å². The fraction of sp³-hybridized carbons (Fsp3) is 0.421. The number of benzene rings is 1. The van der Waals surface area contributed by atoms with E-state index in [0.717, 1.165) is 25.9 Å². The van der Waals surface area contributed by atoms with Crippen LogP contribution >= 0.6 is 0 Å². The van der Waals surface area contributed by atoms with Gasteiger partial charge in [-0.3, -0.25) is 4.79 Å². The first-order chi connectivity index (χ1) is 11.6. The van der Waals surface area contributed by atoms with E-state index in [4.69, 9.17) is 0 Å². The van der Waals surface area contributed by atoms with Gasteiger partial charge in [-0.05, 0) is 31.2 Å². The zero-order valence-electron chi connectivity index (χ0n) is 14.3. The van der Waals surface area contributed by atoms with Crippen LogP contribution in [0.2, 0.25) is 0 Å². The van der Waals surface area contributed by atoms with Gasteiger partial charge < -0.3 is 10.2 Å². The Morgan fingerprint density at radius 3 is 2.62 bits per heavy atom. The summed E-state index contributed by atoms with van der Waals surface area (Å²) in [5.41, 5.74) is 2.97. The number of carbonyl (C=O) groups is 1. The Balaban J connectivity index is 1.58. The Morgan fingerprint density at radius 1 is 1.25 bits per heavy atom. The molecule has 1 aliphatic heterocycles. The van der Waals surface area contributed by atoms with Gasteiger partial charge in [0.05, 0.1) is 5.56 Å². The van der Waals surface area contributed by atoms with Crippen molar-refractivity contribution < 1.29 is 4.79 Å². The van der Waals surface area contributed by atoms with Crippen molar-refractivity contribution >= 4 is 11.9 Å². The third-order valence-electron chi connectivity index (χ3n) is 4.50. The van der Waals surface area contributed by atoms with E-state index in [1.165, 1.54) is 11.1 Å². The number of rotatable bonds is 4. The molecular weight excluding hydrogens is 300 g/mol. The van der Waals surface area contributed by atoms with Crippen molar-refractivity contribution in [2.24, 2.45) is 5.92 Å². The maximum atomic E-state index is 12.5. The van der Waals surface area contributed by atoms with Crippen molar-refractivity contribution in [3.8, 4) is 0 Å². The Labute approximate surface area is 143 Å². The van der Waals surface area contributed by atoms with E-state index in [1.807, 2.05) is 11.0 Å². The van der Waals surface area contributed by atoms with Gasteiger partial charge in [0.1, 0.15) is 0 Å². The van der Waals surface area contributed by atoms with Crippen LogP contribution in [-0.4, -0.2) is 33.9 Å². The van der Waals surface area contributed by atoms with Crippen LogP contribution in [0.4, 0.5) is 5.95 Å². The molecule has 5 heteroatoms. The second kappa shape index (κ2) is 7.43. The van der Waals surface area contributed by atoms with Gasteiger partial charge in [-0.1, -0.05) is 36.8 Å². The molecule has 1 aromatic carbocycles. The van der Waals surface area contributed by atoms with Gasteiger partial charge >= 0.3 is 0 Å². The molecule has 0 atom stereocenters. The summed E-state index contributed by atoms with van der Waals surface area (Å²) in [4.78, 5) is 22.9. The minimum atomic E-state index is 0.0344. The van der Waals surface area contributed by atoms with E-state index < -0.39 is 0 Å². The van der Waals surface area contributed by atoms with Crippen molar-refractivity contribution in [3.05, 3.63) is 53.3 Å². The smallest absolute Gasteiger partial charge is 0.256 e. The number of aromatic nitrogens is 2. The minimum absolute atomic E-state index is 0.0344. The largest absolute Gasteiger partial charge is 0.350 e. The first-order valence-electron chi connectivity index (χ1n) is 8.52. The van der Waals surface area contributed by atoms with Gasteiger partial charge in [-0.25, -0.2) is 9.97 Å². The van der Waals surface area contributed by atoms with Crippen molar-refractivity contribution in [1.29, 1.82) is 0 Å². The molecule has 0 unspecified atom stereocenters. The first-order valence-corrected chi connectivity index (χ1v) is 8.52. The molecular formula is C19H24N4O. The summed E-state index contributed by atoms with van der Waals surface area (Å²) < 4.78 is 0. The molecule has 5 nitrogen and oxygen atoms in total. The van der Waals surface area contributed by atoms with E-state index in [-0.39, 0.29) is 5.91 Å². The molecule has 0 bridgehead atoms. The zero-order valence-corrected chi connectivity index (χ0v) is 14.3. The molecule has 1 amide bonds. The molecule has 0 aliphatic carbocycles. The number of piperidine rings is 1. The molecule has 1 N–H and O–H groups in total. The van der Waals surface area contributed by atoms with Gasteiger partial charge in [0, 0.05) is 32.0 Å². The molecule has 1 aromatic heterocycles. The molecule has 0 saturated carbocycles. The van der Waals surface area contributed by atoms with Crippen LogP contribution in [0, 0.1) is 12.8 Å². The topological polar surface area (TPSA) is 58.1 Å². The van der Waals surface area contributed by atoms with Crippen LogP contribution in [0.1, 0.15) is 41.3 Å². The summed E-state index contributed by atoms with van der Waals surface area (Å²) in [6, 6.07) is 8.30. The summed E-state index contributed by atoms with van der Waals surface area (Å²) in [6.07, 6.45) is 5.38. The Bertz CT molecular complexity index is 691. The van der Waals surface area contributed by atoms with Crippen molar-refractivity contribution in [2.45, 2.75) is 33.2 Å². The lowest BCUT2D eigenvalue weighted by Crippen LogP contribution is -2.38. The van der Waals surface area contributed by atoms with Crippen LogP contribution in [0.15, 0.2) is 36.7 Å². The maximum absolute atomic E-state index is 12.5. The molecule has 24 heavy (non-hydrogen) atoms. The molecule has 1 saturated heterocycles. The van der Waals surface area contributed by atoms with Gasteiger partial charge in [0.25, 0.3) is 5.91 Å². The summed E-state index contributed by atoms with van der Waals surface area (Å²) in [7, 11) is 0. The van der Waals surface area contributed by atoms with Gasteiger partial charge in [0.2, 0.25) is 5.95 Å². The number of hydrogen-bond donors (Lipinski definition) is 1. The lowest BCUT2D eigenvalue weighted by atomic mass is 9.99. The molecule has 1 fully saturated rings. The average Bonchev–Trinajstić information content (AvgIpc) is 2.61. The SMILES string of the molecule is Cc1cccc(CNc2ncc(C(=O)N3CCC(C)CC3)cn2)c1. The lowest BCUT2D eigenvalue weighted by Gasteiger charge is -2.30. The monoisotopic (exact) mass is 324 g/mol. The zero-order chi connectivity index (χ0) is 16.9. The second-order valence-corrected chi connectivity index (χ2v) is 6.61. The molecule has 0 radical (unpaired) electrons. The van der Waals surface area contributed by atoms with Gasteiger partial charge in [-0.15, -0.1) is 0 Å². The number of anilines is 1.